The van der Waals surface area contributed by atoms with Crippen molar-refractivity contribution in [1.82, 2.24) is 4.98 Å². The molecule has 1 aromatic heterocycles. The van der Waals surface area contributed by atoms with E-state index in [0.717, 1.165) is 19.4 Å². The summed E-state index contributed by atoms with van der Waals surface area (Å²) in [6.45, 7) is 0. The number of halogens is 3. The molecule has 0 unspecified atom stereocenters. The van der Waals surface area contributed by atoms with E-state index in [9.17, 15) is 18.0 Å². The molecule has 0 aliphatic carbocycles. The molecule has 0 spiro atoms. The Morgan fingerprint density at radius 1 is 1.40 bits per heavy atom. The molecule has 7 heteroatoms. The SMILES string of the molecule is COC(=O)Oc1ccc(C(F)(F)F)nc1. The van der Waals surface area contributed by atoms with Crippen molar-refractivity contribution in [3.05, 3.63) is 24.0 Å². The lowest BCUT2D eigenvalue weighted by Gasteiger charge is -2.06. The van der Waals surface area contributed by atoms with E-state index in [2.05, 4.69) is 14.5 Å². The molecule has 0 radical (unpaired) electrons. The standard InChI is InChI=1S/C8H6F3NO3/c1-14-7(13)15-5-2-3-6(12-4-5)8(9,10)11/h2-4H,1H3. The van der Waals surface area contributed by atoms with E-state index in [0.29, 0.717) is 6.07 Å². The van der Waals surface area contributed by atoms with Crippen molar-refractivity contribution in [3.63, 3.8) is 0 Å². The van der Waals surface area contributed by atoms with Gasteiger partial charge in [0.2, 0.25) is 0 Å². The summed E-state index contributed by atoms with van der Waals surface area (Å²) in [4.78, 5) is 13.6. The molecule has 0 saturated carbocycles. The van der Waals surface area contributed by atoms with E-state index in [1.54, 1.807) is 0 Å². The van der Waals surface area contributed by atoms with Crippen LogP contribution >= 0.6 is 0 Å². The third-order valence-electron chi connectivity index (χ3n) is 1.39. The third-order valence-corrected chi connectivity index (χ3v) is 1.39. The van der Waals surface area contributed by atoms with Gasteiger partial charge in [-0.05, 0) is 12.1 Å². The van der Waals surface area contributed by atoms with E-state index < -0.39 is 18.0 Å². The molecule has 1 rings (SSSR count). The van der Waals surface area contributed by atoms with Gasteiger partial charge >= 0.3 is 12.3 Å². The molecule has 0 amide bonds. The Morgan fingerprint density at radius 2 is 2.07 bits per heavy atom. The highest BCUT2D eigenvalue weighted by atomic mass is 19.4. The molecule has 82 valence electrons. The highest BCUT2D eigenvalue weighted by Crippen LogP contribution is 2.28. The molecular weight excluding hydrogens is 215 g/mol. The van der Waals surface area contributed by atoms with Crippen LogP contribution in [0.1, 0.15) is 5.69 Å². The number of ether oxygens (including phenoxy) is 2. The molecule has 4 nitrogen and oxygen atoms in total. The van der Waals surface area contributed by atoms with E-state index in [1.165, 1.54) is 0 Å². The van der Waals surface area contributed by atoms with Crippen molar-refractivity contribution < 1.29 is 27.4 Å². The summed E-state index contributed by atoms with van der Waals surface area (Å²) >= 11 is 0. The Kier molecular flexibility index (Phi) is 3.13. The van der Waals surface area contributed by atoms with E-state index in [-0.39, 0.29) is 5.75 Å². The number of carbonyl (C=O) groups excluding carboxylic acids is 1. The van der Waals surface area contributed by atoms with Crippen LogP contribution in [0.5, 0.6) is 5.75 Å². The van der Waals surface area contributed by atoms with Crippen LogP contribution in [0.3, 0.4) is 0 Å². The third kappa shape index (κ3) is 3.12. The Balaban J connectivity index is 2.77. The summed E-state index contributed by atoms with van der Waals surface area (Å²) in [5.41, 5.74) is -1.06. The smallest absolute Gasteiger partial charge is 0.437 e. The predicted octanol–water partition coefficient (Wildman–Crippen LogP) is 2.25. The van der Waals surface area contributed by atoms with Crippen LogP contribution in [0, 0.1) is 0 Å². The summed E-state index contributed by atoms with van der Waals surface area (Å²) in [6.07, 6.45) is -4.74. The number of nitrogens with zero attached hydrogens (tertiary/aromatic N) is 1. The molecular formula is C8H6F3NO3. The number of pyridine rings is 1. The highest BCUT2D eigenvalue weighted by Gasteiger charge is 2.32. The van der Waals surface area contributed by atoms with Gasteiger partial charge < -0.3 is 9.47 Å². The summed E-state index contributed by atoms with van der Waals surface area (Å²) in [6, 6.07) is 1.69. The number of aromatic nitrogens is 1. The second kappa shape index (κ2) is 4.16. The number of hydrogen-bond acceptors (Lipinski definition) is 4. The monoisotopic (exact) mass is 221 g/mol. The molecule has 0 aromatic carbocycles. The van der Waals surface area contributed by atoms with Gasteiger partial charge in [0.05, 0.1) is 13.3 Å². The van der Waals surface area contributed by atoms with Gasteiger partial charge in [-0.3, -0.25) is 0 Å². The first-order valence-electron chi connectivity index (χ1n) is 3.72. The average molecular weight is 221 g/mol. The Morgan fingerprint density at radius 3 is 2.47 bits per heavy atom. The van der Waals surface area contributed by atoms with Crippen molar-refractivity contribution in [2.75, 3.05) is 7.11 Å². The largest absolute Gasteiger partial charge is 0.513 e. The molecule has 15 heavy (non-hydrogen) atoms. The lowest BCUT2D eigenvalue weighted by molar-refractivity contribution is -0.141. The van der Waals surface area contributed by atoms with E-state index in [1.807, 2.05) is 0 Å². The number of alkyl halides is 3. The first-order chi connectivity index (χ1) is 6.93. The van der Waals surface area contributed by atoms with Crippen LogP contribution < -0.4 is 4.74 Å². The minimum atomic E-state index is -4.51. The van der Waals surface area contributed by atoms with Crippen LogP contribution in [-0.2, 0) is 10.9 Å². The maximum absolute atomic E-state index is 12.1. The first-order valence-corrected chi connectivity index (χ1v) is 3.72. The van der Waals surface area contributed by atoms with Gasteiger partial charge in [0, 0.05) is 0 Å². The van der Waals surface area contributed by atoms with Crippen molar-refractivity contribution in [2.24, 2.45) is 0 Å². The van der Waals surface area contributed by atoms with Crippen molar-refractivity contribution in [2.45, 2.75) is 6.18 Å². The molecule has 0 N–H and O–H groups in total. The molecule has 0 atom stereocenters. The Hall–Kier alpha value is -1.79. The minimum Gasteiger partial charge on any atom is -0.437 e. The lowest BCUT2D eigenvalue weighted by atomic mass is 10.3. The first kappa shape index (κ1) is 11.3. The molecule has 1 aromatic rings. The Bertz CT molecular complexity index is 347. The second-order valence-electron chi connectivity index (χ2n) is 2.43. The quantitative estimate of drug-likeness (QED) is 0.682. The topological polar surface area (TPSA) is 48.4 Å². The number of carbonyl (C=O) groups is 1. The van der Waals surface area contributed by atoms with Crippen LogP contribution in [0.4, 0.5) is 18.0 Å². The fourth-order valence-corrected chi connectivity index (χ4v) is 0.746. The molecule has 0 aliphatic heterocycles. The van der Waals surface area contributed by atoms with Crippen LogP contribution in [0.15, 0.2) is 18.3 Å². The van der Waals surface area contributed by atoms with Crippen LogP contribution in [0.2, 0.25) is 0 Å². The van der Waals surface area contributed by atoms with Gasteiger partial charge in [-0.2, -0.15) is 13.2 Å². The van der Waals surface area contributed by atoms with Crippen LogP contribution in [-0.4, -0.2) is 18.2 Å². The second-order valence-corrected chi connectivity index (χ2v) is 2.43. The van der Waals surface area contributed by atoms with Gasteiger partial charge in [0.25, 0.3) is 0 Å². The zero-order valence-corrected chi connectivity index (χ0v) is 7.54. The van der Waals surface area contributed by atoms with Crippen molar-refractivity contribution in [1.29, 1.82) is 0 Å². The zero-order valence-electron chi connectivity index (χ0n) is 7.54. The molecule has 0 bridgehead atoms. The van der Waals surface area contributed by atoms with Crippen LogP contribution in [0.25, 0.3) is 0 Å². The fourth-order valence-electron chi connectivity index (χ4n) is 0.746. The highest BCUT2D eigenvalue weighted by molar-refractivity contribution is 5.63. The molecule has 0 aliphatic rings. The minimum absolute atomic E-state index is 0.116. The lowest BCUT2D eigenvalue weighted by Crippen LogP contribution is -2.10. The fraction of sp³-hybridized carbons (Fsp3) is 0.250. The predicted molar refractivity (Wildman–Crippen MR) is 42.3 cm³/mol. The summed E-state index contributed by atoms with van der Waals surface area (Å²) in [5, 5.41) is 0. The molecule has 0 fully saturated rings. The summed E-state index contributed by atoms with van der Waals surface area (Å²) in [5.74, 6) is -0.116. The zero-order chi connectivity index (χ0) is 11.5. The number of methoxy groups -OCH3 is 1. The summed E-state index contributed by atoms with van der Waals surface area (Å²) < 4.78 is 44.7. The normalized spacial score (nSPS) is 10.9. The molecule has 0 saturated heterocycles. The number of hydrogen-bond donors (Lipinski definition) is 0. The Labute approximate surface area is 82.6 Å². The van der Waals surface area contributed by atoms with E-state index in [4.69, 9.17) is 0 Å². The average Bonchev–Trinajstić information content (AvgIpc) is 2.17. The number of rotatable bonds is 1. The van der Waals surface area contributed by atoms with Gasteiger partial charge in [0.1, 0.15) is 5.69 Å². The molecule has 1 heterocycles. The maximum Gasteiger partial charge on any atom is 0.513 e. The van der Waals surface area contributed by atoms with Crippen molar-refractivity contribution in [3.8, 4) is 5.75 Å². The van der Waals surface area contributed by atoms with Gasteiger partial charge in [-0.25, -0.2) is 9.78 Å². The van der Waals surface area contributed by atoms with Gasteiger partial charge in [0.15, 0.2) is 5.75 Å². The maximum atomic E-state index is 12.1. The van der Waals surface area contributed by atoms with Crippen molar-refractivity contribution >= 4 is 6.16 Å². The van der Waals surface area contributed by atoms with Gasteiger partial charge in [-0.15, -0.1) is 0 Å². The summed E-state index contributed by atoms with van der Waals surface area (Å²) in [7, 11) is 1.08. The van der Waals surface area contributed by atoms with Gasteiger partial charge in [-0.1, -0.05) is 0 Å². The van der Waals surface area contributed by atoms with E-state index >= 15 is 0 Å².